The maximum atomic E-state index is 14.2. The monoisotopic (exact) mass is 484 g/mol. The van der Waals surface area contributed by atoms with Crippen LogP contribution >= 0.6 is 11.6 Å². The zero-order valence-electron chi connectivity index (χ0n) is 16.2. The number of alkyl halides is 6. The summed E-state index contributed by atoms with van der Waals surface area (Å²) in [6.45, 7) is 0. The lowest BCUT2D eigenvalue weighted by atomic mass is 9.79. The second kappa shape index (κ2) is 7.84. The topological polar surface area (TPSA) is 79.8 Å². The predicted molar refractivity (Wildman–Crippen MR) is 104 cm³/mol. The summed E-state index contributed by atoms with van der Waals surface area (Å²) in [6.07, 6.45) is -7.50. The van der Waals surface area contributed by atoms with Crippen LogP contribution in [0.25, 0.3) is 5.69 Å². The highest BCUT2D eigenvalue weighted by molar-refractivity contribution is 6.29. The quantitative estimate of drug-likeness (QED) is 0.377. The SMILES string of the molecule is N#Cc1cc(C2CC(c3cc(C(F)(F)F)cc(Cl)n3)(C(F)(F)F)C=N2)ccc1-n1cncn1. The van der Waals surface area contributed by atoms with Crippen LogP contribution in [0.15, 0.2) is 48.0 Å². The Balaban J connectivity index is 1.76. The van der Waals surface area contributed by atoms with Gasteiger partial charge in [0.15, 0.2) is 0 Å². The molecule has 2 aromatic heterocycles. The molecule has 0 amide bonds. The van der Waals surface area contributed by atoms with Gasteiger partial charge in [0, 0.05) is 6.21 Å². The van der Waals surface area contributed by atoms with Crippen molar-refractivity contribution in [3.8, 4) is 11.8 Å². The summed E-state index contributed by atoms with van der Waals surface area (Å²) in [7, 11) is 0. The lowest BCUT2D eigenvalue weighted by Crippen LogP contribution is -2.43. The minimum Gasteiger partial charge on any atom is -0.288 e. The fourth-order valence-corrected chi connectivity index (χ4v) is 3.82. The van der Waals surface area contributed by atoms with E-state index in [-0.39, 0.29) is 11.1 Å². The number of nitrogens with zero attached hydrogens (tertiary/aromatic N) is 6. The molecule has 3 aromatic rings. The van der Waals surface area contributed by atoms with E-state index in [9.17, 15) is 31.6 Å². The van der Waals surface area contributed by atoms with Crippen LogP contribution in [-0.2, 0) is 11.6 Å². The predicted octanol–water partition coefficient (Wildman–Crippen LogP) is 5.22. The second-order valence-corrected chi connectivity index (χ2v) is 7.64. The Morgan fingerprint density at radius 1 is 1.12 bits per heavy atom. The number of rotatable bonds is 3. The molecule has 170 valence electrons. The van der Waals surface area contributed by atoms with Crippen LogP contribution in [0, 0.1) is 11.3 Å². The average molecular weight is 485 g/mol. The molecule has 3 heterocycles. The number of hydrogen-bond donors (Lipinski definition) is 0. The van der Waals surface area contributed by atoms with Gasteiger partial charge in [0.1, 0.15) is 29.3 Å². The van der Waals surface area contributed by atoms with Crippen molar-refractivity contribution in [1.29, 1.82) is 5.26 Å². The van der Waals surface area contributed by atoms with Crippen molar-refractivity contribution in [3.63, 3.8) is 0 Å². The van der Waals surface area contributed by atoms with Gasteiger partial charge >= 0.3 is 12.4 Å². The molecule has 2 unspecified atom stereocenters. The number of nitriles is 1. The number of aliphatic imine (C=N–C) groups is 1. The molecule has 2 atom stereocenters. The van der Waals surface area contributed by atoms with Crippen molar-refractivity contribution in [3.05, 3.63) is 70.5 Å². The van der Waals surface area contributed by atoms with Crippen LogP contribution in [-0.4, -0.2) is 32.1 Å². The number of halogens is 7. The van der Waals surface area contributed by atoms with Gasteiger partial charge in [0.05, 0.1) is 28.6 Å². The van der Waals surface area contributed by atoms with Gasteiger partial charge in [-0.1, -0.05) is 17.7 Å². The van der Waals surface area contributed by atoms with E-state index in [2.05, 4.69) is 20.1 Å². The third kappa shape index (κ3) is 4.04. The van der Waals surface area contributed by atoms with Crippen molar-refractivity contribution in [2.75, 3.05) is 0 Å². The third-order valence-electron chi connectivity index (χ3n) is 5.27. The first kappa shape index (κ1) is 22.7. The maximum Gasteiger partial charge on any atom is 0.416 e. The minimum absolute atomic E-state index is 0.109. The summed E-state index contributed by atoms with van der Waals surface area (Å²) in [4.78, 5) is 11.3. The zero-order chi connectivity index (χ0) is 24.0. The summed E-state index contributed by atoms with van der Waals surface area (Å²) >= 11 is 5.63. The molecule has 0 bridgehead atoms. The van der Waals surface area contributed by atoms with Crippen molar-refractivity contribution in [2.45, 2.75) is 30.2 Å². The Kier molecular flexibility index (Phi) is 5.40. The van der Waals surface area contributed by atoms with Gasteiger partial charge in [-0.3, -0.25) is 4.99 Å². The Bertz CT molecular complexity index is 1260. The fraction of sp³-hybridized carbons (Fsp3) is 0.250. The van der Waals surface area contributed by atoms with Gasteiger partial charge in [-0.05, 0) is 36.2 Å². The number of pyridine rings is 1. The van der Waals surface area contributed by atoms with E-state index in [4.69, 9.17) is 11.6 Å². The van der Waals surface area contributed by atoms with Crippen molar-refractivity contribution in [1.82, 2.24) is 19.7 Å². The average Bonchev–Trinajstić information content (AvgIpc) is 3.43. The van der Waals surface area contributed by atoms with Crippen LogP contribution in [0.2, 0.25) is 5.15 Å². The van der Waals surface area contributed by atoms with E-state index >= 15 is 0 Å². The standard InChI is InChI=1S/C20H11ClF6N6/c21-17-5-13(19(22,23)24)4-16(32-17)18(20(25,26)27)6-14(30-8-18)11-1-2-15(12(3-11)7-28)33-10-29-9-31-33/h1-5,8-10,14H,6H2. The van der Waals surface area contributed by atoms with Crippen LogP contribution in [0.3, 0.4) is 0 Å². The number of hydrogen-bond acceptors (Lipinski definition) is 5. The van der Waals surface area contributed by atoms with Gasteiger partial charge in [0.2, 0.25) is 0 Å². The van der Waals surface area contributed by atoms with Gasteiger partial charge < -0.3 is 0 Å². The Labute approximate surface area is 187 Å². The molecule has 0 saturated heterocycles. The largest absolute Gasteiger partial charge is 0.416 e. The molecule has 0 N–H and O–H groups in total. The van der Waals surface area contributed by atoms with Crippen LogP contribution < -0.4 is 0 Å². The molecule has 0 saturated carbocycles. The molecule has 1 aliphatic rings. The minimum atomic E-state index is -5.01. The molecule has 0 spiro atoms. The van der Waals surface area contributed by atoms with Crippen LogP contribution in [0.4, 0.5) is 26.3 Å². The second-order valence-electron chi connectivity index (χ2n) is 7.26. The van der Waals surface area contributed by atoms with E-state index in [1.165, 1.54) is 35.5 Å². The van der Waals surface area contributed by atoms with E-state index in [1.807, 2.05) is 6.07 Å². The first-order chi connectivity index (χ1) is 15.4. The number of aromatic nitrogens is 4. The van der Waals surface area contributed by atoms with Crippen molar-refractivity contribution < 1.29 is 26.3 Å². The normalized spacial score (nSPS) is 20.7. The van der Waals surface area contributed by atoms with Crippen molar-refractivity contribution >= 4 is 17.8 Å². The van der Waals surface area contributed by atoms with Gasteiger partial charge in [-0.2, -0.15) is 36.7 Å². The van der Waals surface area contributed by atoms with E-state index in [0.717, 1.165) is 0 Å². The van der Waals surface area contributed by atoms with E-state index in [1.54, 1.807) is 0 Å². The van der Waals surface area contributed by atoms with Gasteiger partial charge in [-0.15, -0.1) is 0 Å². The maximum absolute atomic E-state index is 14.2. The first-order valence-electron chi connectivity index (χ1n) is 9.20. The molecule has 0 aliphatic carbocycles. The van der Waals surface area contributed by atoms with E-state index in [0.29, 0.717) is 24.0 Å². The molecule has 13 heteroatoms. The Morgan fingerprint density at radius 2 is 1.88 bits per heavy atom. The lowest BCUT2D eigenvalue weighted by molar-refractivity contribution is -0.170. The molecule has 0 fully saturated rings. The summed E-state index contributed by atoms with van der Waals surface area (Å²) in [5.74, 6) is 0. The third-order valence-corrected chi connectivity index (χ3v) is 5.46. The Hall–Kier alpha value is -3.46. The van der Waals surface area contributed by atoms with Crippen molar-refractivity contribution in [2.24, 2.45) is 4.99 Å². The molecule has 1 aliphatic heterocycles. The summed E-state index contributed by atoms with van der Waals surface area (Å²) < 4.78 is 83.5. The number of benzene rings is 1. The molecule has 0 radical (unpaired) electrons. The molecule has 4 rings (SSSR count). The zero-order valence-corrected chi connectivity index (χ0v) is 17.0. The highest BCUT2D eigenvalue weighted by atomic mass is 35.5. The van der Waals surface area contributed by atoms with Gasteiger partial charge in [0.25, 0.3) is 0 Å². The highest BCUT2D eigenvalue weighted by Crippen LogP contribution is 2.50. The lowest BCUT2D eigenvalue weighted by Gasteiger charge is -2.30. The molecular weight excluding hydrogens is 474 g/mol. The highest BCUT2D eigenvalue weighted by Gasteiger charge is 2.59. The van der Waals surface area contributed by atoms with Crippen LogP contribution in [0.1, 0.15) is 34.8 Å². The van der Waals surface area contributed by atoms with E-state index < -0.39 is 46.6 Å². The molecule has 33 heavy (non-hydrogen) atoms. The molecule has 1 aromatic carbocycles. The smallest absolute Gasteiger partial charge is 0.288 e. The Morgan fingerprint density at radius 3 is 2.48 bits per heavy atom. The first-order valence-corrected chi connectivity index (χ1v) is 9.58. The van der Waals surface area contributed by atoms with Gasteiger partial charge in [-0.25, -0.2) is 14.6 Å². The fourth-order valence-electron chi connectivity index (χ4n) is 3.61. The summed E-state index contributed by atoms with van der Waals surface area (Å²) in [5.41, 5.74) is -4.40. The summed E-state index contributed by atoms with van der Waals surface area (Å²) in [5, 5.41) is 12.7. The van der Waals surface area contributed by atoms with Crippen LogP contribution in [0.5, 0.6) is 0 Å². The molecule has 6 nitrogen and oxygen atoms in total. The summed E-state index contributed by atoms with van der Waals surface area (Å²) in [6, 6.07) is 5.96. The molecular formula is C20H11ClF6N6.